The number of carbonyl (C=O) groups is 1. The van der Waals surface area contributed by atoms with Gasteiger partial charge in [0.1, 0.15) is 11.5 Å². The van der Waals surface area contributed by atoms with E-state index in [9.17, 15) is 13.2 Å². The lowest BCUT2D eigenvalue weighted by atomic mass is 10.1. The van der Waals surface area contributed by atoms with Crippen molar-refractivity contribution >= 4 is 16.9 Å². The number of oxazole rings is 1. The number of alkyl halides is 3. The molecule has 6 nitrogen and oxygen atoms in total. The molecule has 36 heavy (non-hydrogen) atoms. The van der Waals surface area contributed by atoms with Crippen molar-refractivity contribution in [2.24, 2.45) is 0 Å². The third-order valence-corrected chi connectivity index (χ3v) is 5.41. The molecular weight excluding hydrogens is 473 g/mol. The SMILES string of the molecule is CC(=O)O.CCc1oc(-c2ccc(C(F)(F)F)cc2)nc1CCOc1ccc2c(ccn2C(C)C)c1. The third-order valence-electron chi connectivity index (χ3n) is 5.41. The van der Waals surface area contributed by atoms with E-state index < -0.39 is 17.7 Å². The summed E-state index contributed by atoms with van der Waals surface area (Å²) in [6.45, 7) is 7.75. The van der Waals surface area contributed by atoms with Crippen molar-refractivity contribution in [2.75, 3.05) is 6.61 Å². The van der Waals surface area contributed by atoms with Crippen molar-refractivity contribution in [2.45, 2.75) is 52.8 Å². The number of carboxylic acid groups (broad SMARTS) is 1. The van der Waals surface area contributed by atoms with Gasteiger partial charge in [0.25, 0.3) is 5.97 Å². The van der Waals surface area contributed by atoms with Crippen molar-refractivity contribution in [3.63, 3.8) is 0 Å². The number of aryl methyl sites for hydroxylation is 1. The van der Waals surface area contributed by atoms with Crippen molar-refractivity contribution in [1.29, 1.82) is 0 Å². The predicted molar refractivity (Wildman–Crippen MR) is 131 cm³/mol. The van der Waals surface area contributed by atoms with Gasteiger partial charge in [-0.05, 0) is 62.4 Å². The minimum absolute atomic E-state index is 0.321. The van der Waals surface area contributed by atoms with Crippen LogP contribution in [0.3, 0.4) is 0 Å². The Balaban J connectivity index is 0.000000840. The van der Waals surface area contributed by atoms with Crippen LogP contribution >= 0.6 is 0 Å². The molecule has 0 unspecified atom stereocenters. The van der Waals surface area contributed by atoms with Crippen molar-refractivity contribution < 1.29 is 32.2 Å². The predicted octanol–water partition coefficient (Wildman–Crippen LogP) is 7.17. The maximum absolute atomic E-state index is 12.8. The summed E-state index contributed by atoms with van der Waals surface area (Å²) in [5.41, 5.74) is 1.74. The Kier molecular flexibility index (Phi) is 8.45. The smallest absolute Gasteiger partial charge is 0.416 e. The van der Waals surface area contributed by atoms with Crippen LogP contribution in [0.4, 0.5) is 13.2 Å². The number of rotatable bonds is 7. The number of carboxylic acids is 1. The summed E-state index contributed by atoms with van der Waals surface area (Å²) in [5.74, 6) is 0.985. The molecule has 0 aliphatic rings. The lowest BCUT2D eigenvalue weighted by molar-refractivity contribution is -0.137. The van der Waals surface area contributed by atoms with E-state index >= 15 is 0 Å². The third kappa shape index (κ3) is 6.68. The molecule has 0 radical (unpaired) electrons. The maximum atomic E-state index is 12.8. The van der Waals surface area contributed by atoms with Gasteiger partial charge in [-0.25, -0.2) is 4.98 Å². The van der Waals surface area contributed by atoms with Gasteiger partial charge in [0.15, 0.2) is 0 Å². The van der Waals surface area contributed by atoms with Gasteiger partial charge < -0.3 is 18.8 Å². The molecule has 0 aliphatic heterocycles. The van der Waals surface area contributed by atoms with E-state index in [4.69, 9.17) is 19.1 Å². The highest BCUT2D eigenvalue weighted by molar-refractivity contribution is 5.81. The Labute approximate surface area is 207 Å². The molecule has 1 N–H and O–H groups in total. The average Bonchev–Trinajstić information content (AvgIpc) is 3.42. The van der Waals surface area contributed by atoms with Gasteiger partial charge in [0, 0.05) is 48.5 Å². The lowest BCUT2D eigenvalue weighted by Gasteiger charge is -2.10. The van der Waals surface area contributed by atoms with E-state index in [0.717, 1.165) is 35.9 Å². The molecule has 0 aliphatic carbocycles. The Morgan fingerprint density at radius 1 is 1.14 bits per heavy atom. The van der Waals surface area contributed by atoms with Gasteiger partial charge in [0.2, 0.25) is 5.89 Å². The molecule has 192 valence electrons. The van der Waals surface area contributed by atoms with Crippen LogP contribution in [0.5, 0.6) is 5.75 Å². The van der Waals surface area contributed by atoms with Gasteiger partial charge in [-0.2, -0.15) is 13.2 Å². The molecule has 4 aromatic rings. The molecule has 0 fully saturated rings. The second-order valence-corrected chi connectivity index (χ2v) is 8.47. The summed E-state index contributed by atoms with van der Waals surface area (Å²) in [6.07, 6.45) is -1.12. The van der Waals surface area contributed by atoms with Crippen LogP contribution in [-0.2, 0) is 23.8 Å². The molecule has 0 saturated heterocycles. The standard InChI is InChI=1S/C25H25F3N2O2.C2H4O2/c1-4-23-21(29-24(32-23)17-5-7-19(8-6-17)25(26,27)28)12-14-31-20-9-10-22-18(15-20)11-13-30(22)16(2)3;1-2(3)4/h5-11,13,15-16H,4,12,14H2,1-3H3;1H3,(H,3,4). The summed E-state index contributed by atoms with van der Waals surface area (Å²) in [5, 5.41) is 8.54. The molecule has 0 saturated carbocycles. The molecule has 2 aromatic carbocycles. The first-order valence-electron chi connectivity index (χ1n) is 11.6. The van der Waals surface area contributed by atoms with Crippen molar-refractivity contribution in [3.8, 4) is 17.2 Å². The number of aliphatic carboxylic acids is 1. The molecule has 0 bridgehead atoms. The van der Waals surface area contributed by atoms with Crippen LogP contribution in [0.1, 0.15) is 50.8 Å². The Morgan fingerprint density at radius 3 is 2.39 bits per heavy atom. The number of benzene rings is 2. The molecule has 0 amide bonds. The zero-order chi connectivity index (χ0) is 26.5. The fourth-order valence-corrected chi connectivity index (χ4v) is 3.73. The van der Waals surface area contributed by atoms with E-state index in [1.165, 1.54) is 17.6 Å². The monoisotopic (exact) mass is 502 g/mol. The topological polar surface area (TPSA) is 77.5 Å². The molecule has 4 rings (SSSR count). The van der Waals surface area contributed by atoms with E-state index in [-0.39, 0.29) is 0 Å². The van der Waals surface area contributed by atoms with Gasteiger partial charge in [0.05, 0.1) is 17.9 Å². The minimum atomic E-state index is -4.37. The highest BCUT2D eigenvalue weighted by atomic mass is 19.4. The molecule has 0 atom stereocenters. The van der Waals surface area contributed by atoms with Crippen molar-refractivity contribution in [3.05, 3.63) is 71.7 Å². The Bertz CT molecular complexity index is 1300. The summed E-state index contributed by atoms with van der Waals surface area (Å²) >= 11 is 0. The molecule has 2 aromatic heterocycles. The summed E-state index contributed by atoms with van der Waals surface area (Å²) in [6, 6.07) is 13.3. The molecule has 2 heterocycles. The first-order chi connectivity index (χ1) is 17.0. The van der Waals surface area contributed by atoms with Crippen LogP contribution in [0.2, 0.25) is 0 Å². The number of ether oxygens (including phenoxy) is 1. The van der Waals surface area contributed by atoms with E-state index in [1.807, 2.05) is 19.1 Å². The Hall–Kier alpha value is -3.75. The van der Waals surface area contributed by atoms with Crippen LogP contribution in [0, 0.1) is 0 Å². The van der Waals surface area contributed by atoms with Crippen LogP contribution < -0.4 is 4.74 Å². The van der Waals surface area contributed by atoms with Gasteiger partial charge in [-0.3, -0.25) is 4.79 Å². The first-order valence-corrected chi connectivity index (χ1v) is 11.6. The van der Waals surface area contributed by atoms with E-state index in [1.54, 1.807) is 0 Å². The zero-order valence-electron chi connectivity index (χ0n) is 20.6. The zero-order valence-corrected chi connectivity index (χ0v) is 20.6. The molecule has 0 spiro atoms. The second kappa shape index (κ2) is 11.3. The fraction of sp³-hybridized carbons (Fsp3) is 0.333. The number of halogens is 3. The number of hydrogen-bond acceptors (Lipinski definition) is 4. The Morgan fingerprint density at radius 2 is 1.81 bits per heavy atom. The average molecular weight is 503 g/mol. The number of fused-ring (bicyclic) bond motifs is 1. The quantitative estimate of drug-likeness (QED) is 0.290. The number of hydrogen-bond donors (Lipinski definition) is 1. The lowest BCUT2D eigenvalue weighted by Crippen LogP contribution is -2.04. The van der Waals surface area contributed by atoms with Gasteiger partial charge in [-0.1, -0.05) is 6.92 Å². The highest BCUT2D eigenvalue weighted by Crippen LogP contribution is 2.31. The van der Waals surface area contributed by atoms with Crippen LogP contribution in [-0.4, -0.2) is 27.2 Å². The summed E-state index contributed by atoms with van der Waals surface area (Å²) in [7, 11) is 0. The summed E-state index contributed by atoms with van der Waals surface area (Å²) in [4.78, 5) is 13.5. The fourth-order valence-electron chi connectivity index (χ4n) is 3.73. The first kappa shape index (κ1) is 26.8. The second-order valence-electron chi connectivity index (χ2n) is 8.47. The van der Waals surface area contributed by atoms with E-state index in [0.29, 0.717) is 42.7 Å². The molecular formula is C27H29F3N2O4. The van der Waals surface area contributed by atoms with Gasteiger partial charge in [-0.15, -0.1) is 0 Å². The van der Waals surface area contributed by atoms with Gasteiger partial charge >= 0.3 is 6.18 Å². The van der Waals surface area contributed by atoms with E-state index in [2.05, 4.69) is 41.7 Å². The number of aromatic nitrogens is 2. The minimum Gasteiger partial charge on any atom is -0.493 e. The normalized spacial score (nSPS) is 11.4. The van der Waals surface area contributed by atoms with Crippen LogP contribution in [0.25, 0.3) is 22.4 Å². The summed E-state index contributed by atoms with van der Waals surface area (Å²) < 4.78 is 52.3. The van der Waals surface area contributed by atoms with Crippen LogP contribution in [0.15, 0.2) is 59.1 Å². The highest BCUT2D eigenvalue weighted by Gasteiger charge is 2.30. The number of nitrogens with zero attached hydrogens (tertiary/aromatic N) is 2. The maximum Gasteiger partial charge on any atom is 0.416 e. The molecule has 9 heteroatoms. The largest absolute Gasteiger partial charge is 0.493 e. The van der Waals surface area contributed by atoms with Crippen molar-refractivity contribution in [1.82, 2.24) is 9.55 Å².